The molecular formula is C17H15N3O4. The van der Waals surface area contributed by atoms with Crippen LogP contribution in [0.15, 0.2) is 48.9 Å². The summed E-state index contributed by atoms with van der Waals surface area (Å²) in [7, 11) is 0. The number of rotatable bonds is 5. The van der Waals surface area contributed by atoms with Crippen LogP contribution in [0.25, 0.3) is 5.65 Å². The molecule has 1 N–H and O–H groups in total. The Morgan fingerprint density at radius 2 is 2.12 bits per heavy atom. The second kappa shape index (κ2) is 6.11. The first-order chi connectivity index (χ1) is 11.8. The van der Waals surface area contributed by atoms with Gasteiger partial charge in [-0.25, -0.2) is 4.98 Å². The van der Waals surface area contributed by atoms with Crippen molar-refractivity contribution < 1.29 is 19.0 Å². The molecule has 0 unspecified atom stereocenters. The fourth-order valence-electron chi connectivity index (χ4n) is 2.45. The van der Waals surface area contributed by atoms with Crippen molar-refractivity contribution in [2.75, 3.05) is 19.9 Å². The van der Waals surface area contributed by atoms with E-state index >= 15 is 0 Å². The Labute approximate surface area is 137 Å². The topological polar surface area (TPSA) is 74.1 Å². The van der Waals surface area contributed by atoms with E-state index in [0.717, 1.165) is 5.65 Å². The van der Waals surface area contributed by atoms with Gasteiger partial charge in [-0.15, -0.1) is 0 Å². The monoisotopic (exact) mass is 325 g/mol. The molecule has 0 radical (unpaired) electrons. The average Bonchev–Trinajstić information content (AvgIpc) is 3.25. The number of amides is 1. The lowest BCUT2D eigenvalue weighted by Gasteiger charge is -2.08. The van der Waals surface area contributed by atoms with Crippen LogP contribution < -0.4 is 19.5 Å². The van der Waals surface area contributed by atoms with E-state index in [9.17, 15) is 4.79 Å². The first-order valence-corrected chi connectivity index (χ1v) is 7.53. The molecule has 0 aliphatic carbocycles. The van der Waals surface area contributed by atoms with Gasteiger partial charge in [-0.2, -0.15) is 0 Å². The zero-order chi connectivity index (χ0) is 16.4. The van der Waals surface area contributed by atoms with Gasteiger partial charge in [0.2, 0.25) is 6.79 Å². The highest BCUT2D eigenvalue weighted by Crippen LogP contribution is 2.34. The Morgan fingerprint density at radius 1 is 1.21 bits per heavy atom. The van der Waals surface area contributed by atoms with Gasteiger partial charge in [-0.1, -0.05) is 0 Å². The summed E-state index contributed by atoms with van der Waals surface area (Å²) in [6.45, 7) is 0.986. The predicted octanol–water partition coefficient (Wildman–Crippen LogP) is 1.87. The van der Waals surface area contributed by atoms with Crippen molar-refractivity contribution in [3.05, 3.63) is 54.5 Å². The minimum atomic E-state index is -0.158. The Bertz CT molecular complexity index is 890. The average molecular weight is 325 g/mol. The van der Waals surface area contributed by atoms with E-state index < -0.39 is 0 Å². The molecule has 1 aliphatic rings. The number of nitrogens with one attached hydrogen (secondary N) is 1. The number of imidazole rings is 1. The van der Waals surface area contributed by atoms with Crippen LogP contribution in [0.3, 0.4) is 0 Å². The summed E-state index contributed by atoms with van der Waals surface area (Å²) in [6, 6.07) is 8.88. The Kier molecular flexibility index (Phi) is 3.66. The van der Waals surface area contributed by atoms with Gasteiger partial charge < -0.3 is 23.9 Å². The predicted molar refractivity (Wildman–Crippen MR) is 85.6 cm³/mol. The van der Waals surface area contributed by atoms with Gasteiger partial charge in [-0.05, 0) is 24.3 Å². The number of benzene rings is 1. The molecule has 0 spiro atoms. The second-order valence-electron chi connectivity index (χ2n) is 5.23. The van der Waals surface area contributed by atoms with E-state index in [1.807, 2.05) is 16.7 Å². The van der Waals surface area contributed by atoms with Gasteiger partial charge in [0.15, 0.2) is 11.5 Å². The zero-order valence-electron chi connectivity index (χ0n) is 12.8. The normalized spacial score (nSPS) is 12.3. The van der Waals surface area contributed by atoms with Crippen molar-refractivity contribution in [2.45, 2.75) is 0 Å². The zero-order valence-corrected chi connectivity index (χ0v) is 12.8. The summed E-state index contributed by atoms with van der Waals surface area (Å²) >= 11 is 0. The van der Waals surface area contributed by atoms with E-state index in [2.05, 4.69) is 10.3 Å². The Balaban J connectivity index is 1.29. The van der Waals surface area contributed by atoms with Crippen molar-refractivity contribution in [3.63, 3.8) is 0 Å². The molecule has 0 atom stereocenters. The number of fused-ring (bicyclic) bond motifs is 2. The molecule has 1 aliphatic heterocycles. The maximum absolute atomic E-state index is 12.1. The third-order valence-corrected chi connectivity index (χ3v) is 3.66. The second-order valence-corrected chi connectivity index (χ2v) is 5.23. The molecule has 4 rings (SSSR count). The van der Waals surface area contributed by atoms with Crippen LogP contribution >= 0.6 is 0 Å². The molecular weight excluding hydrogens is 310 g/mol. The molecule has 0 bridgehead atoms. The summed E-state index contributed by atoms with van der Waals surface area (Å²) in [5.74, 6) is 1.90. The maximum Gasteiger partial charge on any atom is 0.251 e. The van der Waals surface area contributed by atoms with Gasteiger partial charge in [0.05, 0.1) is 6.54 Å². The lowest BCUT2D eigenvalue weighted by Crippen LogP contribution is -2.28. The van der Waals surface area contributed by atoms with Crippen LogP contribution in [0, 0.1) is 0 Å². The highest BCUT2D eigenvalue weighted by molar-refractivity contribution is 5.94. The van der Waals surface area contributed by atoms with Crippen LogP contribution in [0.2, 0.25) is 0 Å². The van der Waals surface area contributed by atoms with Crippen molar-refractivity contribution in [2.24, 2.45) is 0 Å². The molecule has 0 saturated heterocycles. The van der Waals surface area contributed by atoms with Gasteiger partial charge in [-0.3, -0.25) is 4.79 Å². The van der Waals surface area contributed by atoms with E-state index in [1.165, 1.54) is 0 Å². The number of aromatic nitrogens is 2. The molecule has 3 heterocycles. The number of pyridine rings is 1. The summed E-state index contributed by atoms with van der Waals surface area (Å²) in [6.07, 6.45) is 5.33. The number of nitrogens with zero attached hydrogens (tertiary/aromatic N) is 2. The summed E-state index contributed by atoms with van der Waals surface area (Å²) < 4.78 is 18.0. The third kappa shape index (κ3) is 2.83. The lowest BCUT2D eigenvalue weighted by molar-refractivity contribution is 0.0947. The molecule has 2 aromatic heterocycles. The number of hydrogen-bond acceptors (Lipinski definition) is 5. The van der Waals surface area contributed by atoms with E-state index in [1.54, 1.807) is 36.7 Å². The Morgan fingerprint density at radius 3 is 3.08 bits per heavy atom. The molecule has 0 saturated carbocycles. The number of ether oxygens (including phenoxy) is 3. The van der Waals surface area contributed by atoms with E-state index in [4.69, 9.17) is 14.2 Å². The molecule has 122 valence electrons. The third-order valence-electron chi connectivity index (χ3n) is 3.66. The van der Waals surface area contributed by atoms with Crippen molar-refractivity contribution >= 4 is 11.6 Å². The van der Waals surface area contributed by atoms with Crippen LogP contribution in [-0.4, -0.2) is 35.2 Å². The largest absolute Gasteiger partial charge is 0.492 e. The maximum atomic E-state index is 12.1. The van der Waals surface area contributed by atoms with Crippen molar-refractivity contribution in [1.82, 2.24) is 14.7 Å². The van der Waals surface area contributed by atoms with E-state index in [-0.39, 0.29) is 12.7 Å². The van der Waals surface area contributed by atoms with E-state index in [0.29, 0.717) is 36.0 Å². The highest BCUT2D eigenvalue weighted by atomic mass is 16.7. The van der Waals surface area contributed by atoms with Crippen molar-refractivity contribution in [3.8, 4) is 17.2 Å². The molecule has 0 fully saturated rings. The van der Waals surface area contributed by atoms with Gasteiger partial charge >= 0.3 is 0 Å². The standard InChI is InChI=1S/C17H15N3O4/c21-17(12-3-6-20-7-4-18-16(20)9-12)19-5-8-22-13-1-2-14-15(10-13)24-11-23-14/h1-4,6-7,9-10H,5,8,11H2,(H,19,21). The van der Waals surface area contributed by atoms with Crippen LogP contribution in [0.5, 0.6) is 17.2 Å². The minimum absolute atomic E-state index is 0.158. The summed E-state index contributed by atoms with van der Waals surface area (Å²) in [4.78, 5) is 16.3. The number of carbonyl (C=O) groups excluding carboxylic acids is 1. The molecule has 1 aromatic carbocycles. The number of carbonyl (C=O) groups is 1. The van der Waals surface area contributed by atoms with Gasteiger partial charge in [0.25, 0.3) is 5.91 Å². The summed E-state index contributed by atoms with van der Waals surface area (Å²) in [5.41, 5.74) is 1.30. The van der Waals surface area contributed by atoms with Gasteiger partial charge in [0, 0.05) is 30.2 Å². The molecule has 7 heteroatoms. The fraction of sp³-hybridized carbons (Fsp3) is 0.176. The minimum Gasteiger partial charge on any atom is -0.492 e. The molecule has 7 nitrogen and oxygen atoms in total. The van der Waals surface area contributed by atoms with Gasteiger partial charge in [0.1, 0.15) is 18.0 Å². The van der Waals surface area contributed by atoms with Crippen LogP contribution in [-0.2, 0) is 0 Å². The van der Waals surface area contributed by atoms with Crippen molar-refractivity contribution in [1.29, 1.82) is 0 Å². The Hall–Kier alpha value is -3.22. The first-order valence-electron chi connectivity index (χ1n) is 7.53. The quantitative estimate of drug-likeness (QED) is 0.725. The van der Waals surface area contributed by atoms with Crippen LogP contribution in [0.1, 0.15) is 10.4 Å². The highest BCUT2D eigenvalue weighted by Gasteiger charge is 2.13. The SMILES string of the molecule is O=C(NCCOc1ccc2c(c1)OCO2)c1ccn2ccnc2c1. The van der Waals surface area contributed by atoms with Crippen LogP contribution in [0.4, 0.5) is 0 Å². The summed E-state index contributed by atoms with van der Waals surface area (Å²) in [5, 5.41) is 2.82. The molecule has 1 amide bonds. The number of hydrogen-bond donors (Lipinski definition) is 1. The first kappa shape index (κ1) is 14.4. The molecule has 3 aromatic rings. The molecule has 24 heavy (non-hydrogen) atoms. The smallest absolute Gasteiger partial charge is 0.251 e. The lowest BCUT2D eigenvalue weighted by atomic mass is 10.2. The fourth-order valence-corrected chi connectivity index (χ4v) is 2.45.